The molecule has 0 aliphatic carbocycles. The zero-order valence-corrected chi connectivity index (χ0v) is 5.89. The van der Waals surface area contributed by atoms with Gasteiger partial charge >= 0.3 is 18.9 Å². The van der Waals surface area contributed by atoms with Crippen LogP contribution >= 0.6 is 0 Å². The van der Waals surface area contributed by atoms with E-state index in [1.807, 2.05) is 0 Å². The average molecular weight is 126 g/mol. The van der Waals surface area contributed by atoms with Gasteiger partial charge in [0, 0.05) is 19.1 Å². The number of hydrogen-bond acceptors (Lipinski definition) is 4. The molecule has 4 N–H and O–H groups in total. The Labute approximate surface area is 66.8 Å². The van der Waals surface area contributed by atoms with E-state index in [1.165, 1.54) is 0 Å². The van der Waals surface area contributed by atoms with Crippen LogP contribution in [0.4, 0.5) is 0 Å². The van der Waals surface area contributed by atoms with Crippen LogP contribution in [0.25, 0.3) is 0 Å². The maximum absolute atomic E-state index is 8.89. The van der Waals surface area contributed by atoms with Gasteiger partial charge in [-0.25, -0.2) is 0 Å². The Hall–Kier alpha value is -0.0126. The number of hydrogen-bond donors (Lipinski definition) is 2. The van der Waals surface area contributed by atoms with Gasteiger partial charge in [0.05, 0.1) is 0 Å². The Kier molecular flexibility index (Phi) is 27.9. The normalized spacial score (nSPS) is 6.11. The van der Waals surface area contributed by atoms with Crippen molar-refractivity contribution in [2.24, 2.45) is 11.5 Å². The molecule has 5 heteroatoms. The number of carbonyl (C=O) groups excluding carboxylic acids is 1. The van der Waals surface area contributed by atoms with Crippen LogP contribution in [0.15, 0.2) is 0 Å². The van der Waals surface area contributed by atoms with E-state index in [4.69, 9.17) is 21.4 Å². The maximum Gasteiger partial charge on any atom is 1.00 e. The summed E-state index contributed by atoms with van der Waals surface area (Å²) in [5.41, 5.74) is 9.81. The summed E-state index contributed by atoms with van der Waals surface area (Å²) in [5.74, 6) is -1.08. The Morgan fingerprint density at radius 1 is 1.44 bits per heavy atom. The minimum absolute atomic E-state index is 0. The van der Waals surface area contributed by atoms with Crippen molar-refractivity contribution in [3.05, 3.63) is 0 Å². The second-order valence-electron chi connectivity index (χ2n) is 1.07. The summed E-state index contributed by atoms with van der Waals surface area (Å²) in [4.78, 5) is 8.89. The Balaban J connectivity index is -0.0000000720. The molecule has 0 rings (SSSR count). The minimum Gasteiger partial charge on any atom is -0.550 e. The predicted molar refractivity (Wildman–Crippen MR) is 28.8 cm³/mol. The summed E-state index contributed by atoms with van der Waals surface area (Å²) >= 11 is 0. The topological polar surface area (TPSA) is 92.2 Å². The van der Waals surface area contributed by atoms with E-state index >= 15 is 0 Å². The molecule has 0 aromatic carbocycles. The van der Waals surface area contributed by atoms with Gasteiger partial charge in [0.1, 0.15) is 0 Å². The number of carboxylic acid groups (broad SMARTS) is 1. The van der Waals surface area contributed by atoms with Gasteiger partial charge in [0.15, 0.2) is 0 Å². The predicted octanol–water partition coefficient (Wildman–Crippen LogP) is -5.34. The van der Waals surface area contributed by atoms with Gasteiger partial charge in [-0.15, -0.1) is 0 Å². The summed E-state index contributed by atoms with van der Waals surface area (Å²) in [5, 5.41) is 8.89. The van der Waals surface area contributed by atoms with E-state index < -0.39 is 5.97 Å². The van der Waals surface area contributed by atoms with Crippen molar-refractivity contribution >= 4 is 5.97 Å². The molecule has 0 bridgehead atoms. The van der Waals surface area contributed by atoms with Crippen molar-refractivity contribution in [2.45, 2.75) is 6.92 Å². The van der Waals surface area contributed by atoms with Gasteiger partial charge in [-0.2, -0.15) is 0 Å². The molecule has 50 valence electrons. The van der Waals surface area contributed by atoms with Crippen LogP contribution in [0.1, 0.15) is 6.92 Å². The number of rotatable bonds is 1. The quantitative estimate of drug-likeness (QED) is 0.343. The van der Waals surface area contributed by atoms with E-state index in [0.29, 0.717) is 13.1 Å². The SMILES string of the molecule is CC(=O)[O-].NCCN.[Li+]. The Morgan fingerprint density at radius 2 is 1.56 bits per heavy atom. The first kappa shape index (κ1) is 16.0. The summed E-state index contributed by atoms with van der Waals surface area (Å²) in [7, 11) is 0. The van der Waals surface area contributed by atoms with E-state index in [1.54, 1.807) is 0 Å². The van der Waals surface area contributed by atoms with Crippen LogP contribution in [-0.2, 0) is 4.79 Å². The Morgan fingerprint density at radius 3 is 1.56 bits per heavy atom. The largest absolute Gasteiger partial charge is 1.00 e. The fraction of sp³-hybridized carbons (Fsp3) is 0.750. The summed E-state index contributed by atoms with van der Waals surface area (Å²) in [6, 6.07) is 0. The number of carbonyl (C=O) groups is 1. The van der Waals surface area contributed by atoms with Crippen molar-refractivity contribution in [2.75, 3.05) is 13.1 Å². The molecule has 0 aliphatic rings. The van der Waals surface area contributed by atoms with Crippen LogP contribution < -0.4 is 35.4 Å². The third-order valence-electron chi connectivity index (χ3n) is 0.167. The first-order valence-electron chi connectivity index (χ1n) is 2.22. The first-order chi connectivity index (χ1) is 3.65. The molecule has 0 atom stereocenters. The molecule has 0 aliphatic heterocycles. The van der Waals surface area contributed by atoms with E-state index in [9.17, 15) is 0 Å². The first-order valence-corrected chi connectivity index (χ1v) is 2.22. The molecule has 0 unspecified atom stereocenters. The van der Waals surface area contributed by atoms with Gasteiger partial charge in [-0.1, -0.05) is 0 Å². The molecule has 0 aromatic heterocycles. The summed E-state index contributed by atoms with van der Waals surface area (Å²) in [6.45, 7) is 2.17. The van der Waals surface area contributed by atoms with Gasteiger partial charge in [0.25, 0.3) is 0 Å². The average Bonchev–Trinajstić information content (AvgIpc) is 1.65. The molecule has 4 nitrogen and oxygen atoms in total. The third kappa shape index (κ3) is 294. The van der Waals surface area contributed by atoms with Crippen molar-refractivity contribution in [1.82, 2.24) is 0 Å². The minimum atomic E-state index is -1.08. The molecule has 0 saturated carbocycles. The number of nitrogens with two attached hydrogens (primary N) is 2. The molecule has 0 amide bonds. The van der Waals surface area contributed by atoms with E-state index in [2.05, 4.69) is 0 Å². The van der Waals surface area contributed by atoms with Crippen LogP contribution in [0.3, 0.4) is 0 Å². The van der Waals surface area contributed by atoms with Crippen molar-refractivity contribution in [1.29, 1.82) is 0 Å². The molecule has 9 heavy (non-hydrogen) atoms. The summed E-state index contributed by atoms with van der Waals surface area (Å²) < 4.78 is 0. The molecule has 0 heterocycles. The van der Waals surface area contributed by atoms with Gasteiger partial charge in [-0.05, 0) is 6.92 Å². The fourth-order valence-electron chi connectivity index (χ4n) is 0. The van der Waals surface area contributed by atoms with E-state index in [0.717, 1.165) is 6.92 Å². The van der Waals surface area contributed by atoms with Gasteiger partial charge < -0.3 is 21.4 Å². The van der Waals surface area contributed by atoms with E-state index in [-0.39, 0.29) is 18.9 Å². The van der Waals surface area contributed by atoms with Crippen molar-refractivity contribution in [3.63, 3.8) is 0 Å². The van der Waals surface area contributed by atoms with Crippen molar-refractivity contribution in [3.8, 4) is 0 Å². The zero-order chi connectivity index (χ0) is 6.99. The molecular weight excluding hydrogens is 115 g/mol. The monoisotopic (exact) mass is 126 g/mol. The third-order valence-corrected chi connectivity index (χ3v) is 0.167. The van der Waals surface area contributed by atoms with Crippen LogP contribution in [0, 0.1) is 0 Å². The molecule has 0 radical (unpaired) electrons. The van der Waals surface area contributed by atoms with Crippen LogP contribution in [0.5, 0.6) is 0 Å². The second kappa shape index (κ2) is 15.7. The molecule has 0 aromatic rings. The summed E-state index contributed by atoms with van der Waals surface area (Å²) in [6.07, 6.45) is 0. The molecule has 0 saturated heterocycles. The molecular formula is C4H11LiN2O2. The van der Waals surface area contributed by atoms with Gasteiger partial charge in [0.2, 0.25) is 0 Å². The number of aliphatic carboxylic acids is 1. The van der Waals surface area contributed by atoms with Crippen LogP contribution in [0.2, 0.25) is 0 Å². The number of carboxylic acids is 1. The fourth-order valence-corrected chi connectivity index (χ4v) is 0. The smallest absolute Gasteiger partial charge is 0.550 e. The van der Waals surface area contributed by atoms with Crippen molar-refractivity contribution < 1.29 is 28.8 Å². The maximum atomic E-state index is 8.89. The molecule has 0 spiro atoms. The second-order valence-corrected chi connectivity index (χ2v) is 1.07. The zero-order valence-electron chi connectivity index (χ0n) is 5.89. The van der Waals surface area contributed by atoms with Crippen LogP contribution in [-0.4, -0.2) is 19.1 Å². The standard InChI is InChI=1S/C2H8N2.C2H4O2.Li/c3-1-2-4;1-2(3)4;/h1-4H2;1H3,(H,3,4);/q;;+1/p-1. The van der Waals surface area contributed by atoms with Gasteiger partial charge in [-0.3, -0.25) is 0 Å². The Bertz CT molecular complexity index is 54.5. The molecule has 0 fully saturated rings.